The smallest absolute Gasteiger partial charge is 0.232 e. The van der Waals surface area contributed by atoms with Crippen LogP contribution in [0.5, 0.6) is 0 Å². The van der Waals surface area contributed by atoms with Gasteiger partial charge in [0.25, 0.3) is 10.0 Å². The molecule has 1 aromatic heterocycles. The number of halogens is 1. The lowest BCUT2D eigenvalue weighted by Crippen LogP contribution is -2.22. The van der Waals surface area contributed by atoms with Crippen LogP contribution in [0.3, 0.4) is 0 Å². The van der Waals surface area contributed by atoms with E-state index in [9.17, 15) is 8.42 Å². The van der Waals surface area contributed by atoms with Gasteiger partial charge in [-0.1, -0.05) is 61.1 Å². The van der Waals surface area contributed by atoms with Crippen molar-refractivity contribution in [3.63, 3.8) is 0 Å². The summed E-state index contributed by atoms with van der Waals surface area (Å²) in [6.07, 6.45) is 1.26. The largest absolute Gasteiger partial charge is 0.252 e. The van der Waals surface area contributed by atoms with E-state index in [4.69, 9.17) is 11.6 Å². The molecule has 0 saturated heterocycles. The maximum atomic E-state index is 12.0. The van der Waals surface area contributed by atoms with E-state index < -0.39 is 10.0 Å². The molecular weight excluding hydrogens is 316 g/mol. The van der Waals surface area contributed by atoms with E-state index in [1.54, 1.807) is 0 Å². The Morgan fingerprint density at radius 1 is 1.30 bits per heavy atom. The van der Waals surface area contributed by atoms with E-state index in [0.717, 1.165) is 16.9 Å². The molecule has 1 aromatic carbocycles. The van der Waals surface area contributed by atoms with Crippen LogP contribution in [0, 0.1) is 0 Å². The van der Waals surface area contributed by atoms with E-state index in [1.165, 1.54) is 11.8 Å². The molecule has 0 atom stereocenters. The van der Waals surface area contributed by atoms with Crippen LogP contribution in [-0.4, -0.2) is 13.4 Å². The van der Waals surface area contributed by atoms with Gasteiger partial charge in [-0.05, 0) is 17.0 Å². The third-order valence-corrected chi connectivity index (χ3v) is 5.81. The molecule has 0 unspecified atom stereocenters. The number of thiazole rings is 1. The van der Waals surface area contributed by atoms with Crippen molar-refractivity contribution in [2.45, 2.75) is 30.5 Å². The van der Waals surface area contributed by atoms with E-state index in [-0.39, 0.29) is 15.2 Å². The number of hydrogen-bond acceptors (Lipinski definition) is 4. The average molecular weight is 331 g/mol. The van der Waals surface area contributed by atoms with Gasteiger partial charge in [0.1, 0.15) is 0 Å². The molecule has 0 fully saturated rings. The topological polar surface area (TPSA) is 59.1 Å². The minimum absolute atomic E-state index is 0.126. The lowest BCUT2D eigenvalue weighted by molar-refractivity contribution is 0.583. The Labute approximate surface area is 127 Å². The minimum atomic E-state index is -3.54. The fourth-order valence-corrected chi connectivity index (χ4v) is 3.99. The number of rotatable bonds is 5. The second-order valence-corrected chi connectivity index (χ2v) is 8.26. The van der Waals surface area contributed by atoms with Crippen molar-refractivity contribution in [2.24, 2.45) is 0 Å². The first-order chi connectivity index (χ1) is 9.38. The predicted octanol–water partition coefficient (Wildman–Crippen LogP) is 3.40. The SMILES string of the molecule is CC(C)c1ccc(CNS(=O)(=O)c2cnc(Cl)s2)cc1. The molecule has 7 heteroatoms. The zero-order valence-electron chi connectivity index (χ0n) is 11.1. The second-order valence-electron chi connectivity index (χ2n) is 4.65. The van der Waals surface area contributed by atoms with Crippen LogP contribution in [0.2, 0.25) is 4.47 Å². The highest BCUT2D eigenvalue weighted by Crippen LogP contribution is 2.22. The molecule has 1 heterocycles. The molecular formula is C13H15ClN2O2S2. The number of aromatic nitrogens is 1. The molecule has 108 valence electrons. The summed E-state index contributed by atoms with van der Waals surface area (Å²) in [5.41, 5.74) is 2.14. The van der Waals surface area contributed by atoms with Crippen molar-refractivity contribution in [3.8, 4) is 0 Å². The van der Waals surface area contributed by atoms with Gasteiger partial charge in [-0.15, -0.1) is 0 Å². The standard InChI is InChI=1S/C13H15ClN2O2S2/c1-9(2)11-5-3-10(4-6-11)7-16-20(17,18)12-8-15-13(14)19-12/h3-6,8-9,16H,7H2,1-2H3. The molecule has 20 heavy (non-hydrogen) atoms. The predicted molar refractivity (Wildman–Crippen MR) is 81.7 cm³/mol. The number of benzene rings is 1. The third-order valence-electron chi connectivity index (χ3n) is 2.83. The fourth-order valence-electron chi connectivity index (χ4n) is 1.63. The normalized spacial score (nSPS) is 12.0. The second kappa shape index (κ2) is 6.22. The Bertz CT molecular complexity index is 679. The monoisotopic (exact) mass is 330 g/mol. The van der Waals surface area contributed by atoms with Gasteiger partial charge in [-0.2, -0.15) is 0 Å². The van der Waals surface area contributed by atoms with E-state index in [2.05, 4.69) is 23.6 Å². The number of nitrogens with one attached hydrogen (secondary N) is 1. The lowest BCUT2D eigenvalue weighted by Gasteiger charge is -2.08. The maximum Gasteiger partial charge on any atom is 0.252 e. The Kier molecular flexibility index (Phi) is 4.80. The molecule has 0 aliphatic heterocycles. The van der Waals surface area contributed by atoms with Crippen molar-refractivity contribution >= 4 is 33.0 Å². The van der Waals surface area contributed by atoms with Crippen LogP contribution in [0.1, 0.15) is 30.9 Å². The fraction of sp³-hybridized carbons (Fsp3) is 0.308. The molecule has 2 aromatic rings. The van der Waals surface area contributed by atoms with E-state index in [1.807, 2.05) is 24.3 Å². The van der Waals surface area contributed by atoms with Crippen LogP contribution in [0.25, 0.3) is 0 Å². The molecule has 0 aliphatic rings. The van der Waals surface area contributed by atoms with Crippen molar-refractivity contribution in [3.05, 3.63) is 46.1 Å². The molecule has 0 saturated carbocycles. The summed E-state index contributed by atoms with van der Waals surface area (Å²) in [6.45, 7) is 4.48. The summed E-state index contributed by atoms with van der Waals surface area (Å²) >= 11 is 6.59. The molecule has 4 nitrogen and oxygen atoms in total. The molecule has 0 aliphatic carbocycles. The number of hydrogen-bond donors (Lipinski definition) is 1. The van der Waals surface area contributed by atoms with Crippen molar-refractivity contribution in [1.29, 1.82) is 0 Å². The van der Waals surface area contributed by atoms with Crippen LogP contribution in [-0.2, 0) is 16.6 Å². The lowest BCUT2D eigenvalue weighted by atomic mass is 10.0. The molecule has 0 radical (unpaired) electrons. The highest BCUT2D eigenvalue weighted by molar-refractivity contribution is 7.91. The van der Waals surface area contributed by atoms with Gasteiger partial charge < -0.3 is 0 Å². The molecule has 0 bridgehead atoms. The summed E-state index contributed by atoms with van der Waals surface area (Å²) in [7, 11) is -3.54. The first-order valence-electron chi connectivity index (χ1n) is 6.08. The Morgan fingerprint density at radius 3 is 2.45 bits per heavy atom. The van der Waals surface area contributed by atoms with Gasteiger partial charge in [0.05, 0.1) is 6.20 Å². The number of nitrogens with zero attached hydrogens (tertiary/aromatic N) is 1. The van der Waals surface area contributed by atoms with Gasteiger partial charge in [0.15, 0.2) is 8.68 Å². The van der Waals surface area contributed by atoms with Crippen molar-refractivity contribution in [2.75, 3.05) is 0 Å². The van der Waals surface area contributed by atoms with Crippen LogP contribution in [0.4, 0.5) is 0 Å². The Morgan fingerprint density at radius 2 is 1.95 bits per heavy atom. The summed E-state index contributed by atoms with van der Waals surface area (Å²) in [5.74, 6) is 0.458. The first-order valence-corrected chi connectivity index (χ1v) is 8.76. The Hall–Kier alpha value is -0.950. The van der Waals surface area contributed by atoms with Crippen LogP contribution < -0.4 is 4.72 Å². The minimum Gasteiger partial charge on any atom is -0.232 e. The van der Waals surface area contributed by atoms with Crippen LogP contribution >= 0.6 is 22.9 Å². The van der Waals surface area contributed by atoms with Crippen LogP contribution in [0.15, 0.2) is 34.7 Å². The molecule has 1 N–H and O–H groups in total. The summed E-state index contributed by atoms with van der Waals surface area (Å²) in [4.78, 5) is 3.73. The van der Waals surface area contributed by atoms with Crippen molar-refractivity contribution < 1.29 is 8.42 Å². The first kappa shape index (κ1) is 15.4. The molecule has 2 rings (SSSR count). The van der Waals surface area contributed by atoms with E-state index in [0.29, 0.717) is 5.92 Å². The Balaban J connectivity index is 2.04. The van der Waals surface area contributed by atoms with Gasteiger partial charge >= 0.3 is 0 Å². The van der Waals surface area contributed by atoms with Gasteiger partial charge in [0.2, 0.25) is 0 Å². The average Bonchev–Trinajstić information content (AvgIpc) is 2.84. The molecule has 0 amide bonds. The zero-order valence-corrected chi connectivity index (χ0v) is 13.5. The molecule has 0 spiro atoms. The van der Waals surface area contributed by atoms with Gasteiger partial charge in [0, 0.05) is 6.54 Å². The summed E-state index contributed by atoms with van der Waals surface area (Å²) in [6, 6.07) is 7.88. The highest BCUT2D eigenvalue weighted by Gasteiger charge is 2.17. The van der Waals surface area contributed by atoms with E-state index >= 15 is 0 Å². The summed E-state index contributed by atoms with van der Waals surface area (Å²) in [5, 5.41) is 0. The highest BCUT2D eigenvalue weighted by atomic mass is 35.5. The van der Waals surface area contributed by atoms with Gasteiger partial charge in [-0.3, -0.25) is 0 Å². The zero-order chi connectivity index (χ0) is 14.8. The van der Waals surface area contributed by atoms with Crippen molar-refractivity contribution in [1.82, 2.24) is 9.71 Å². The quantitative estimate of drug-likeness (QED) is 0.914. The maximum absolute atomic E-state index is 12.0. The van der Waals surface area contributed by atoms with Gasteiger partial charge in [-0.25, -0.2) is 18.1 Å². The number of sulfonamides is 1. The summed E-state index contributed by atoms with van der Waals surface area (Å²) < 4.78 is 26.9. The third kappa shape index (κ3) is 3.79.